The minimum absolute atomic E-state index is 0.0365. The van der Waals surface area contributed by atoms with Crippen LogP contribution in [0.3, 0.4) is 0 Å². The number of amides is 1. The number of piperazine rings is 1. The molecular weight excluding hydrogens is 336 g/mol. The number of likely N-dealkylation sites (N-methyl/N-ethyl adjacent to an activating group) is 1. The molecule has 1 unspecified atom stereocenters. The molecule has 1 aromatic heterocycles. The van der Waals surface area contributed by atoms with Crippen molar-refractivity contribution in [2.75, 3.05) is 49.6 Å². The van der Waals surface area contributed by atoms with Gasteiger partial charge in [0.2, 0.25) is 5.91 Å². The van der Waals surface area contributed by atoms with Crippen LogP contribution in [0.25, 0.3) is 0 Å². The highest BCUT2D eigenvalue weighted by atomic mass is 16.2. The molecule has 1 atom stereocenters. The average molecular weight is 364 g/mol. The van der Waals surface area contributed by atoms with Gasteiger partial charge in [0.05, 0.1) is 0 Å². The number of rotatable bonds is 4. The molecule has 27 heavy (non-hydrogen) atoms. The van der Waals surface area contributed by atoms with E-state index < -0.39 is 0 Å². The second-order valence-corrected chi connectivity index (χ2v) is 7.65. The fourth-order valence-corrected chi connectivity index (χ4v) is 4.16. The van der Waals surface area contributed by atoms with E-state index >= 15 is 0 Å². The highest BCUT2D eigenvalue weighted by Gasteiger charge is 2.31. The Balaban J connectivity index is 1.51. The van der Waals surface area contributed by atoms with Crippen LogP contribution in [0, 0.1) is 5.92 Å². The Morgan fingerprint density at radius 3 is 2.56 bits per heavy atom. The maximum atomic E-state index is 13.1. The topological polar surface area (TPSA) is 39.7 Å². The van der Waals surface area contributed by atoms with E-state index in [9.17, 15) is 4.79 Å². The van der Waals surface area contributed by atoms with Gasteiger partial charge in [0.25, 0.3) is 0 Å². The summed E-state index contributed by atoms with van der Waals surface area (Å²) in [6.07, 6.45) is 4.66. The molecule has 142 valence electrons. The second-order valence-electron chi connectivity index (χ2n) is 7.65. The first kappa shape index (κ1) is 18.0. The Kier molecular flexibility index (Phi) is 5.39. The largest absolute Gasteiger partial charge is 0.354 e. The lowest BCUT2D eigenvalue weighted by Crippen LogP contribution is -2.45. The average Bonchev–Trinajstić information content (AvgIpc) is 2.71. The molecule has 2 aromatic rings. The summed E-state index contributed by atoms with van der Waals surface area (Å²) in [6.45, 7) is 4.92. The van der Waals surface area contributed by atoms with Crippen molar-refractivity contribution >= 4 is 17.4 Å². The summed E-state index contributed by atoms with van der Waals surface area (Å²) < 4.78 is 0. The molecule has 2 saturated heterocycles. The van der Waals surface area contributed by atoms with Gasteiger partial charge in [-0.05, 0) is 50.1 Å². The Morgan fingerprint density at radius 1 is 1.00 bits per heavy atom. The Labute approximate surface area is 161 Å². The molecule has 5 heteroatoms. The number of hydrogen-bond acceptors (Lipinski definition) is 4. The smallest absolute Gasteiger partial charge is 0.230 e. The second kappa shape index (κ2) is 8.09. The number of hydrogen-bond donors (Lipinski definition) is 0. The van der Waals surface area contributed by atoms with E-state index in [1.54, 1.807) is 0 Å². The number of carbonyl (C=O) groups is 1. The van der Waals surface area contributed by atoms with Crippen LogP contribution in [0.5, 0.6) is 0 Å². The van der Waals surface area contributed by atoms with Gasteiger partial charge in [0, 0.05) is 50.5 Å². The quantitative estimate of drug-likeness (QED) is 0.836. The molecule has 0 radical (unpaired) electrons. The van der Waals surface area contributed by atoms with Crippen LogP contribution in [-0.2, 0) is 11.2 Å². The molecule has 2 aliphatic rings. The van der Waals surface area contributed by atoms with Crippen LogP contribution in [0.1, 0.15) is 18.4 Å². The van der Waals surface area contributed by atoms with E-state index in [0.29, 0.717) is 0 Å². The number of nitrogens with zero attached hydrogens (tertiary/aromatic N) is 4. The molecular formula is C22H28N4O. The van der Waals surface area contributed by atoms with Crippen LogP contribution in [0.4, 0.5) is 11.5 Å². The van der Waals surface area contributed by atoms with Crippen molar-refractivity contribution < 1.29 is 4.79 Å². The number of benzene rings is 1. The summed E-state index contributed by atoms with van der Waals surface area (Å²) >= 11 is 0. The molecule has 2 fully saturated rings. The summed E-state index contributed by atoms with van der Waals surface area (Å²) in [6, 6.07) is 14.2. The third-order valence-corrected chi connectivity index (χ3v) is 5.75. The maximum Gasteiger partial charge on any atom is 0.230 e. The first-order valence-corrected chi connectivity index (χ1v) is 9.96. The molecule has 0 bridgehead atoms. The van der Waals surface area contributed by atoms with Crippen LogP contribution < -0.4 is 9.80 Å². The number of piperidine rings is 1. The molecule has 2 aliphatic heterocycles. The SMILES string of the molecule is CN1CCN(c2ncccc2CC2CCCN(c3ccccc3)C2=O)CC1. The normalized spacial score (nSPS) is 21.5. The van der Waals surface area contributed by atoms with Crippen molar-refractivity contribution in [1.82, 2.24) is 9.88 Å². The highest BCUT2D eigenvalue weighted by molar-refractivity contribution is 5.96. The van der Waals surface area contributed by atoms with Gasteiger partial charge in [-0.25, -0.2) is 4.98 Å². The molecule has 3 heterocycles. The lowest BCUT2D eigenvalue weighted by molar-refractivity contribution is -0.123. The van der Waals surface area contributed by atoms with E-state index in [4.69, 9.17) is 0 Å². The van der Waals surface area contributed by atoms with Crippen molar-refractivity contribution in [3.05, 3.63) is 54.2 Å². The summed E-state index contributed by atoms with van der Waals surface area (Å²) in [4.78, 5) is 24.5. The van der Waals surface area contributed by atoms with E-state index in [-0.39, 0.29) is 11.8 Å². The number of aromatic nitrogens is 1. The predicted molar refractivity (Wildman–Crippen MR) is 109 cm³/mol. The van der Waals surface area contributed by atoms with E-state index in [1.807, 2.05) is 47.5 Å². The molecule has 5 nitrogen and oxygen atoms in total. The third kappa shape index (κ3) is 3.98. The molecule has 0 saturated carbocycles. The zero-order chi connectivity index (χ0) is 18.6. The molecule has 0 N–H and O–H groups in total. The van der Waals surface area contributed by atoms with Crippen molar-refractivity contribution in [2.24, 2.45) is 5.92 Å². The van der Waals surface area contributed by atoms with Crippen LogP contribution in [0.15, 0.2) is 48.7 Å². The van der Waals surface area contributed by atoms with E-state index in [0.717, 1.165) is 63.5 Å². The molecule has 0 aliphatic carbocycles. The van der Waals surface area contributed by atoms with Crippen LogP contribution in [-0.4, -0.2) is 55.6 Å². The summed E-state index contributed by atoms with van der Waals surface area (Å²) in [7, 11) is 2.16. The minimum Gasteiger partial charge on any atom is -0.354 e. The summed E-state index contributed by atoms with van der Waals surface area (Å²) in [5.41, 5.74) is 2.22. The van der Waals surface area contributed by atoms with Gasteiger partial charge in [-0.1, -0.05) is 24.3 Å². The summed E-state index contributed by atoms with van der Waals surface area (Å²) in [5, 5.41) is 0. The minimum atomic E-state index is 0.0365. The van der Waals surface area contributed by atoms with Gasteiger partial charge >= 0.3 is 0 Å². The number of pyridine rings is 1. The molecule has 1 amide bonds. The molecule has 1 aromatic carbocycles. The van der Waals surface area contributed by atoms with Gasteiger partial charge in [-0.15, -0.1) is 0 Å². The van der Waals surface area contributed by atoms with Gasteiger partial charge in [-0.3, -0.25) is 4.79 Å². The zero-order valence-electron chi connectivity index (χ0n) is 16.1. The van der Waals surface area contributed by atoms with Gasteiger partial charge in [-0.2, -0.15) is 0 Å². The fraction of sp³-hybridized carbons (Fsp3) is 0.455. The lowest BCUT2D eigenvalue weighted by Gasteiger charge is -2.35. The lowest BCUT2D eigenvalue weighted by atomic mass is 9.90. The van der Waals surface area contributed by atoms with Gasteiger partial charge < -0.3 is 14.7 Å². The third-order valence-electron chi connectivity index (χ3n) is 5.75. The van der Waals surface area contributed by atoms with Crippen LogP contribution >= 0.6 is 0 Å². The van der Waals surface area contributed by atoms with Crippen molar-refractivity contribution in [2.45, 2.75) is 19.3 Å². The highest BCUT2D eigenvalue weighted by Crippen LogP contribution is 2.29. The predicted octanol–water partition coefficient (Wildman–Crippen LogP) is 2.82. The van der Waals surface area contributed by atoms with Gasteiger partial charge in [0.15, 0.2) is 0 Å². The Morgan fingerprint density at radius 2 is 1.78 bits per heavy atom. The zero-order valence-corrected chi connectivity index (χ0v) is 16.1. The molecule has 4 rings (SSSR count). The van der Waals surface area contributed by atoms with Crippen molar-refractivity contribution in [1.29, 1.82) is 0 Å². The van der Waals surface area contributed by atoms with Crippen molar-refractivity contribution in [3.63, 3.8) is 0 Å². The fourth-order valence-electron chi connectivity index (χ4n) is 4.16. The number of anilines is 2. The first-order chi connectivity index (χ1) is 13.2. The van der Waals surface area contributed by atoms with Crippen molar-refractivity contribution in [3.8, 4) is 0 Å². The maximum absolute atomic E-state index is 13.1. The Bertz CT molecular complexity index is 771. The number of para-hydroxylation sites is 1. The molecule has 0 spiro atoms. The van der Waals surface area contributed by atoms with E-state index in [2.05, 4.69) is 27.9 Å². The first-order valence-electron chi connectivity index (χ1n) is 9.96. The van der Waals surface area contributed by atoms with Gasteiger partial charge in [0.1, 0.15) is 5.82 Å². The van der Waals surface area contributed by atoms with E-state index in [1.165, 1.54) is 5.56 Å². The number of carbonyl (C=O) groups excluding carboxylic acids is 1. The Hall–Kier alpha value is -2.40. The summed E-state index contributed by atoms with van der Waals surface area (Å²) in [5.74, 6) is 1.35. The van der Waals surface area contributed by atoms with Crippen LogP contribution in [0.2, 0.25) is 0 Å². The monoisotopic (exact) mass is 364 g/mol. The standard InChI is InChI=1S/C22H28N4O/c1-24-13-15-25(16-14-24)21-18(7-5-11-23-21)17-19-8-6-12-26(22(19)27)20-9-3-2-4-10-20/h2-5,7,9-11,19H,6,8,12-17H2,1H3.